The Kier molecular flexibility index (Phi) is 10.2. The van der Waals surface area contributed by atoms with Gasteiger partial charge in [-0.1, -0.05) is 60.1 Å². The van der Waals surface area contributed by atoms with Crippen LogP contribution in [0.2, 0.25) is 5.02 Å². The molecule has 2 N–H and O–H groups in total. The highest BCUT2D eigenvalue weighted by Gasteiger charge is 2.49. The van der Waals surface area contributed by atoms with Gasteiger partial charge in [0.15, 0.2) is 0 Å². The second kappa shape index (κ2) is 15.2. The van der Waals surface area contributed by atoms with Gasteiger partial charge >= 0.3 is 6.09 Å². The Hall–Kier alpha value is -5.80. The fourth-order valence-corrected chi connectivity index (χ4v) is 9.70. The first-order valence-corrected chi connectivity index (χ1v) is 21.0. The lowest BCUT2D eigenvalue weighted by atomic mass is 9.90. The zero-order valence-electron chi connectivity index (χ0n) is 32.1. The lowest BCUT2D eigenvalue weighted by Crippen LogP contribution is -2.51. The number of hydrogen-bond acceptors (Lipinski definition) is 10. The van der Waals surface area contributed by atoms with E-state index in [-0.39, 0.29) is 40.9 Å². The summed E-state index contributed by atoms with van der Waals surface area (Å²) < 4.78 is 34.4. The largest absolute Gasteiger partial charge is 0.444 e. The Balaban J connectivity index is 0.990. The number of amides is 4. The van der Waals surface area contributed by atoms with Gasteiger partial charge in [-0.15, -0.1) is 0 Å². The number of fused-ring (bicyclic) bond motifs is 2. The molecular weight excluding hydrogens is 782 g/mol. The third-order valence-corrected chi connectivity index (χ3v) is 12.7. The van der Waals surface area contributed by atoms with Crippen LogP contribution in [0, 0.1) is 0 Å². The van der Waals surface area contributed by atoms with E-state index >= 15 is 0 Å². The van der Waals surface area contributed by atoms with Crippen molar-refractivity contribution >= 4 is 62.3 Å². The van der Waals surface area contributed by atoms with Crippen LogP contribution in [0.4, 0.5) is 10.7 Å². The summed E-state index contributed by atoms with van der Waals surface area (Å²) in [7, 11) is -3.94. The van der Waals surface area contributed by atoms with Crippen molar-refractivity contribution in [2.75, 3.05) is 11.9 Å². The predicted molar refractivity (Wildman–Crippen MR) is 217 cm³/mol. The molecule has 0 bridgehead atoms. The molecule has 0 radical (unpaired) electrons. The number of carbonyl (C=O) groups is 4. The van der Waals surface area contributed by atoms with E-state index in [1.54, 1.807) is 87.5 Å². The molecule has 1 saturated heterocycles. The van der Waals surface area contributed by atoms with Crippen molar-refractivity contribution in [1.29, 1.82) is 0 Å². The second-order valence-corrected chi connectivity index (χ2v) is 18.1. The number of para-hydroxylation sites is 1. The Labute approximate surface area is 340 Å². The Morgan fingerprint density at radius 1 is 0.862 bits per heavy atom. The molecule has 3 aliphatic rings. The molecule has 4 heterocycles. The van der Waals surface area contributed by atoms with E-state index in [0.29, 0.717) is 46.1 Å². The number of nitrogens with zero attached hydrogens (tertiary/aromatic N) is 5. The van der Waals surface area contributed by atoms with Crippen LogP contribution in [0.15, 0.2) is 96.2 Å². The van der Waals surface area contributed by atoms with Crippen LogP contribution < -0.4 is 10.6 Å². The van der Waals surface area contributed by atoms with Crippen LogP contribution in [0.5, 0.6) is 0 Å². The number of rotatable bonds is 8. The van der Waals surface area contributed by atoms with Crippen LogP contribution in [0.1, 0.15) is 73.6 Å². The SMILES string of the molecule is CC(C)(C)OC(=O)N1CC(N2C(=O)c3ccccc3C2=O)CC1C(=O)N[C@@H]1CCC[C@@H](Nc2ncc(Cl)c(-c3cn(S(=O)(=O)c4ccccc4)c4ccccc34)n2)C1. The van der Waals surface area contributed by atoms with Crippen LogP contribution in [-0.2, 0) is 19.6 Å². The van der Waals surface area contributed by atoms with Crippen LogP contribution in [0.3, 0.4) is 0 Å². The number of ether oxygens (including phenoxy) is 1. The summed E-state index contributed by atoms with van der Waals surface area (Å²) >= 11 is 6.68. The molecule has 2 aliphatic heterocycles. The van der Waals surface area contributed by atoms with Crippen molar-refractivity contribution < 1.29 is 32.3 Å². The van der Waals surface area contributed by atoms with E-state index in [4.69, 9.17) is 21.3 Å². The molecule has 2 fully saturated rings. The van der Waals surface area contributed by atoms with E-state index in [1.807, 2.05) is 12.1 Å². The normalized spacial score (nSPS) is 21.0. The average Bonchev–Trinajstić information content (AvgIpc) is 3.88. The highest BCUT2D eigenvalue weighted by molar-refractivity contribution is 7.90. The second-order valence-electron chi connectivity index (χ2n) is 15.8. The minimum absolute atomic E-state index is 0.0413. The summed E-state index contributed by atoms with van der Waals surface area (Å²) in [5.74, 6) is -1.02. The minimum atomic E-state index is -3.94. The van der Waals surface area contributed by atoms with Gasteiger partial charge in [0.1, 0.15) is 11.6 Å². The molecule has 8 rings (SSSR count). The third kappa shape index (κ3) is 7.39. The first-order chi connectivity index (χ1) is 27.7. The van der Waals surface area contributed by atoms with Gasteiger partial charge in [0.25, 0.3) is 21.8 Å². The Morgan fingerprint density at radius 3 is 2.22 bits per heavy atom. The number of imide groups is 1. The maximum absolute atomic E-state index is 14.1. The van der Waals surface area contributed by atoms with E-state index < -0.39 is 51.5 Å². The predicted octanol–water partition coefficient (Wildman–Crippen LogP) is 6.50. The van der Waals surface area contributed by atoms with Gasteiger partial charge in [-0.05, 0) is 83.2 Å². The zero-order valence-corrected chi connectivity index (χ0v) is 33.7. The number of aromatic nitrogens is 3. The number of nitrogens with one attached hydrogen (secondary N) is 2. The van der Waals surface area contributed by atoms with Crippen molar-refractivity contribution in [2.45, 2.75) is 87.5 Å². The summed E-state index contributed by atoms with van der Waals surface area (Å²) in [5.41, 5.74) is 1.10. The summed E-state index contributed by atoms with van der Waals surface area (Å²) in [6, 6.07) is 19.8. The molecule has 16 heteroatoms. The standard InChI is InChI=1S/C42H42ClN7O7S/c1-42(2,3)57-41(54)48-23-27(50-38(52)30-17-7-8-18-31(30)39(50)53)21-35(48)37(51)45-25-12-11-13-26(20-25)46-40-44-22-33(43)36(47-40)32-24-49(34-19-10-9-16-29(32)34)58(55,56)28-14-5-4-6-15-28/h4-10,14-19,22,24-27,35H,11-13,20-21,23H2,1-3H3,(H,45,51)(H,44,46,47)/t25-,26-,27?,35?/m1/s1. The maximum atomic E-state index is 14.1. The van der Waals surface area contributed by atoms with Crippen LogP contribution in [0.25, 0.3) is 22.2 Å². The number of anilines is 1. The maximum Gasteiger partial charge on any atom is 0.411 e. The molecule has 4 amide bonds. The first kappa shape index (κ1) is 39.0. The van der Waals surface area contributed by atoms with Gasteiger partial charge in [0.05, 0.1) is 44.5 Å². The van der Waals surface area contributed by atoms with E-state index in [1.165, 1.54) is 21.3 Å². The van der Waals surface area contributed by atoms with Gasteiger partial charge in [0.2, 0.25) is 11.9 Å². The minimum Gasteiger partial charge on any atom is -0.444 e. The van der Waals surface area contributed by atoms with E-state index in [0.717, 1.165) is 17.7 Å². The van der Waals surface area contributed by atoms with E-state index in [2.05, 4.69) is 15.6 Å². The topological polar surface area (TPSA) is 173 Å². The number of benzene rings is 3. The summed E-state index contributed by atoms with van der Waals surface area (Å²) in [6.07, 6.45) is 5.10. The van der Waals surface area contributed by atoms with Crippen molar-refractivity contribution in [3.05, 3.63) is 107 Å². The summed E-state index contributed by atoms with van der Waals surface area (Å²) in [4.78, 5) is 66.1. The lowest BCUT2D eigenvalue weighted by molar-refractivity contribution is -0.126. The van der Waals surface area contributed by atoms with Crippen molar-refractivity contribution in [2.24, 2.45) is 0 Å². The smallest absolute Gasteiger partial charge is 0.411 e. The summed E-state index contributed by atoms with van der Waals surface area (Å²) in [6.45, 7) is 5.15. The van der Waals surface area contributed by atoms with Crippen molar-refractivity contribution in [3.8, 4) is 11.3 Å². The molecule has 2 aromatic heterocycles. The molecule has 0 spiro atoms. The number of likely N-dealkylation sites (tertiary alicyclic amines) is 1. The molecule has 58 heavy (non-hydrogen) atoms. The highest BCUT2D eigenvalue weighted by atomic mass is 35.5. The van der Waals surface area contributed by atoms with E-state index in [9.17, 15) is 27.6 Å². The Bertz CT molecular complexity index is 2520. The van der Waals surface area contributed by atoms with Crippen LogP contribution in [-0.4, -0.2) is 92.3 Å². The molecule has 14 nitrogen and oxygen atoms in total. The van der Waals surface area contributed by atoms with Gasteiger partial charge in [-0.2, -0.15) is 0 Å². The number of carbonyl (C=O) groups excluding carboxylic acids is 4. The van der Waals surface area contributed by atoms with Crippen LogP contribution >= 0.6 is 11.6 Å². The first-order valence-electron chi connectivity index (χ1n) is 19.2. The van der Waals surface area contributed by atoms with Crippen molar-refractivity contribution in [3.63, 3.8) is 0 Å². The number of halogens is 1. The third-order valence-electron chi connectivity index (χ3n) is 10.7. The molecule has 3 aromatic carbocycles. The highest BCUT2D eigenvalue weighted by Crippen LogP contribution is 2.37. The quantitative estimate of drug-likeness (QED) is 0.165. The molecule has 1 saturated carbocycles. The molecule has 2 unspecified atom stereocenters. The number of hydrogen-bond donors (Lipinski definition) is 2. The molecule has 1 aliphatic carbocycles. The molecule has 300 valence electrons. The Morgan fingerprint density at radius 2 is 1.52 bits per heavy atom. The fraction of sp³-hybridized carbons (Fsp3) is 0.333. The van der Waals surface area contributed by atoms with Gasteiger partial charge in [-0.25, -0.2) is 27.2 Å². The van der Waals surface area contributed by atoms with Crippen molar-refractivity contribution in [1.82, 2.24) is 29.1 Å². The monoisotopic (exact) mass is 823 g/mol. The fourth-order valence-electron chi connectivity index (χ4n) is 8.11. The van der Waals surface area contributed by atoms with Gasteiger partial charge in [0, 0.05) is 35.8 Å². The zero-order chi connectivity index (χ0) is 40.9. The average molecular weight is 824 g/mol. The van der Waals surface area contributed by atoms with Gasteiger partial charge < -0.3 is 15.4 Å². The molecule has 4 atom stereocenters. The summed E-state index contributed by atoms with van der Waals surface area (Å²) in [5, 5.41) is 7.41. The molecular formula is C42H42ClN7O7S. The van der Waals surface area contributed by atoms with Gasteiger partial charge in [-0.3, -0.25) is 24.2 Å². The molecule has 5 aromatic rings. The lowest BCUT2D eigenvalue weighted by Gasteiger charge is -2.32.